The van der Waals surface area contributed by atoms with E-state index in [2.05, 4.69) is 19.9 Å². The Morgan fingerprint density at radius 2 is 1.94 bits per heavy atom. The fourth-order valence-electron chi connectivity index (χ4n) is 2.70. The van der Waals surface area contributed by atoms with E-state index >= 15 is 0 Å². The van der Waals surface area contributed by atoms with Crippen LogP contribution in [0.4, 0.5) is 0 Å². The molecule has 0 N–H and O–H groups in total. The molecule has 2 nitrogen and oxygen atoms in total. The summed E-state index contributed by atoms with van der Waals surface area (Å²) < 4.78 is 6.07. The third kappa shape index (κ3) is 2.79. The van der Waals surface area contributed by atoms with Gasteiger partial charge in [0.15, 0.2) is 0 Å². The molecule has 1 aromatic carbocycles. The molecule has 0 radical (unpaired) electrons. The van der Waals surface area contributed by atoms with Crippen LogP contribution in [-0.4, -0.2) is 6.10 Å². The lowest BCUT2D eigenvalue weighted by atomic mass is 9.80. The molecule has 96 valence electrons. The van der Waals surface area contributed by atoms with Crippen molar-refractivity contribution in [2.45, 2.75) is 39.2 Å². The van der Waals surface area contributed by atoms with Crippen molar-refractivity contribution in [3.8, 4) is 11.8 Å². The molecule has 1 aliphatic rings. The third-order valence-corrected chi connectivity index (χ3v) is 4.09. The minimum absolute atomic E-state index is 0.253. The number of hydrogen-bond donors (Lipinski definition) is 0. The number of hydrogen-bond acceptors (Lipinski definition) is 2. The molecule has 0 amide bonds. The first kappa shape index (κ1) is 13.2. The minimum atomic E-state index is 0.253. The van der Waals surface area contributed by atoms with Crippen LogP contribution in [-0.2, 0) is 0 Å². The quantitative estimate of drug-likeness (QED) is 0.792. The molecule has 2 unspecified atom stereocenters. The molecule has 0 aromatic heterocycles. The number of rotatable bonds is 2. The predicted octanol–water partition coefficient (Wildman–Crippen LogP) is 4.42. The Hall–Kier alpha value is -1.20. The van der Waals surface area contributed by atoms with Gasteiger partial charge in [-0.25, -0.2) is 0 Å². The summed E-state index contributed by atoms with van der Waals surface area (Å²) >= 11 is 6.02. The minimum Gasteiger partial charge on any atom is -0.490 e. The van der Waals surface area contributed by atoms with Gasteiger partial charge >= 0.3 is 0 Å². The van der Waals surface area contributed by atoms with Gasteiger partial charge in [-0.3, -0.25) is 0 Å². The summed E-state index contributed by atoms with van der Waals surface area (Å²) in [6.07, 6.45) is 3.98. The van der Waals surface area contributed by atoms with Crippen LogP contribution < -0.4 is 4.74 Å². The van der Waals surface area contributed by atoms with Gasteiger partial charge in [0.05, 0.1) is 10.6 Å². The van der Waals surface area contributed by atoms with Gasteiger partial charge in [-0.15, -0.1) is 0 Å². The molecule has 0 aliphatic heterocycles. The van der Waals surface area contributed by atoms with Crippen LogP contribution in [0, 0.1) is 23.2 Å². The summed E-state index contributed by atoms with van der Waals surface area (Å²) in [5, 5.41) is 9.30. The van der Waals surface area contributed by atoms with E-state index in [9.17, 15) is 0 Å². The number of nitriles is 1. The van der Waals surface area contributed by atoms with Crippen LogP contribution >= 0.6 is 11.6 Å². The van der Waals surface area contributed by atoms with Crippen molar-refractivity contribution in [3.63, 3.8) is 0 Å². The van der Waals surface area contributed by atoms with E-state index in [1.807, 2.05) is 6.07 Å². The highest BCUT2D eigenvalue weighted by atomic mass is 35.5. The summed E-state index contributed by atoms with van der Waals surface area (Å²) in [5.74, 6) is 1.91. The van der Waals surface area contributed by atoms with Crippen molar-refractivity contribution >= 4 is 11.6 Å². The molecule has 1 fully saturated rings. The predicted molar refractivity (Wildman–Crippen MR) is 72.8 cm³/mol. The van der Waals surface area contributed by atoms with Gasteiger partial charge in [-0.1, -0.05) is 31.9 Å². The Morgan fingerprint density at radius 1 is 1.28 bits per heavy atom. The zero-order valence-corrected chi connectivity index (χ0v) is 11.6. The van der Waals surface area contributed by atoms with Gasteiger partial charge in [0, 0.05) is 6.07 Å². The van der Waals surface area contributed by atoms with E-state index in [-0.39, 0.29) is 6.10 Å². The lowest BCUT2D eigenvalue weighted by molar-refractivity contribution is 0.0553. The fourth-order valence-corrected chi connectivity index (χ4v) is 2.91. The maximum absolute atomic E-state index is 8.84. The van der Waals surface area contributed by atoms with E-state index in [4.69, 9.17) is 21.6 Å². The van der Waals surface area contributed by atoms with Gasteiger partial charge in [-0.2, -0.15) is 5.26 Å². The molecule has 1 aliphatic carbocycles. The van der Waals surface area contributed by atoms with Crippen LogP contribution in [0.1, 0.15) is 38.7 Å². The van der Waals surface area contributed by atoms with Crippen molar-refractivity contribution in [1.29, 1.82) is 5.26 Å². The maximum Gasteiger partial charge on any atom is 0.121 e. The van der Waals surface area contributed by atoms with Crippen molar-refractivity contribution in [2.75, 3.05) is 0 Å². The summed E-state index contributed by atoms with van der Waals surface area (Å²) in [5.41, 5.74) is 0.494. The number of nitrogens with zero attached hydrogens (tertiary/aromatic N) is 1. The van der Waals surface area contributed by atoms with Crippen molar-refractivity contribution in [3.05, 3.63) is 28.8 Å². The first-order valence-electron chi connectivity index (χ1n) is 6.48. The monoisotopic (exact) mass is 263 g/mol. The van der Waals surface area contributed by atoms with Crippen molar-refractivity contribution < 1.29 is 4.74 Å². The summed E-state index contributed by atoms with van der Waals surface area (Å²) in [6.45, 7) is 4.48. The Bertz CT molecular complexity index is 456. The number of halogens is 1. The normalized spacial score (nSPS) is 27.6. The van der Waals surface area contributed by atoms with E-state index < -0.39 is 0 Å². The molecule has 2 atom stereocenters. The third-order valence-electron chi connectivity index (χ3n) is 3.77. The average Bonchev–Trinajstić information content (AvgIpc) is 2.34. The average molecular weight is 264 g/mol. The molecule has 2 rings (SSSR count). The topological polar surface area (TPSA) is 33.0 Å². The lowest BCUT2D eigenvalue weighted by Crippen LogP contribution is -2.35. The molecule has 1 aromatic rings. The molecular weight excluding hydrogens is 246 g/mol. The SMILES string of the molecule is CC1CCCC(C)C1Oc1ccc(C#N)c(Cl)c1. The molecular formula is C15H18ClNO. The summed E-state index contributed by atoms with van der Waals surface area (Å²) in [7, 11) is 0. The second-order valence-corrected chi connectivity index (χ2v) is 5.63. The number of benzene rings is 1. The van der Waals surface area contributed by atoms with Crippen molar-refractivity contribution in [1.82, 2.24) is 0 Å². The van der Waals surface area contributed by atoms with E-state index in [0.717, 1.165) is 5.75 Å². The van der Waals surface area contributed by atoms with Crippen LogP contribution in [0.15, 0.2) is 18.2 Å². The van der Waals surface area contributed by atoms with E-state index in [0.29, 0.717) is 22.4 Å². The largest absolute Gasteiger partial charge is 0.490 e. The zero-order chi connectivity index (χ0) is 13.1. The maximum atomic E-state index is 8.84. The van der Waals surface area contributed by atoms with Crippen LogP contribution in [0.5, 0.6) is 5.75 Å². The first-order chi connectivity index (χ1) is 8.61. The van der Waals surface area contributed by atoms with Gasteiger partial charge in [-0.05, 0) is 36.8 Å². The summed E-state index contributed by atoms with van der Waals surface area (Å²) in [6, 6.07) is 7.35. The Kier molecular flexibility index (Phi) is 4.14. The highest BCUT2D eigenvalue weighted by Gasteiger charge is 2.29. The van der Waals surface area contributed by atoms with Gasteiger partial charge in [0.1, 0.15) is 17.9 Å². The smallest absolute Gasteiger partial charge is 0.121 e. The molecule has 0 heterocycles. The highest BCUT2D eigenvalue weighted by molar-refractivity contribution is 6.31. The van der Waals surface area contributed by atoms with Gasteiger partial charge < -0.3 is 4.74 Å². The molecule has 0 spiro atoms. The Balaban J connectivity index is 2.13. The second kappa shape index (κ2) is 5.63. The zero-order valence-electron chi connectivity index (χ0n) is 10.8. The second-order valence-electron chi connectivity index (χ2n) is 5.22. The van der Waals surface area contributed by atoms with E-state index in [1.54, 1.807) is 12.1 Å². The Morgan fingerprint density at radius 3 is 2.50 bits per heavy atom. The summed E-state index contributed by atoms with van der Waals surface area (Å²) in [4.78, 5) is 0. The van der Waals surface area contributed by atoms with Crippen LogP contribution in [0.3, 0.4) is 0 Å². The van der Waals surface area contributed by atoms with Crippen molar-refractivity contribution in [2.24, 2.45) is 11.8 Å². The molecule has 18 heavy (non-hydrogen) atoms. The lowest BCUT2D eigenvalue weighted by Gasteiger charge is -2.34. The molecule has 3 heteroatoms. The van der Waals surface area contributed by atoms with Gasteiger partial charge in [0.25, 0.3) is 0 Å². The number of ether oxygens (including phenoxy) is 1. The molecule has 0 bridgehead atoms. The fraction of sp³-hybridized carbons (Fsp3) is 0.533. The highest BCUT2D eigenvalue weighted by Crippen LogP contribution is 2.33. The molecule has 1 saturated carbocycles. The standard InChI is InChI=1S/C15H18ClNO/c1-10-4-3-5-11(2)15(10)18-13-7-6-12(9-17)14(16)8-13/h6-8,10-11,15H,3-5H2,1-2H3. The van der Waals surface area contributed by atoms with E-state index in [1.165, 1.54) is 19.3 Å². The Labute approximate surface area is 114 Å². The van der Waals surface area contributed by atoms with Crippen LogP contribution in [0.2, 0.25) is 5.02 Å². The van der Waals surface area contributed by atoms with Crippen LogP contribution in [0.25, 0.3) is 0 Å². The molecule has 0 saturated heterocycles. The van der Waals surface area contributed by atoms with Gasteiger partial charge in [0.2, 0.25) is 0 Å². The first-order valence-corrected chi connectivity index (χ1v) is 6.86.